The first-order chi connectivity index (χ1) is 9.73. The number of carbonyl (C=O) groups is 1. The Bertz CT molecular complexity index is 677. The van der Waals surface area contributed by atoms with Crippen LogP contribution >= 0.6 is 0 Å². The molecule has 0 aromatic heterocycles. The van der Waals surface area contributed by atoms with E-state index in [-0.39, 0.29) is 16.1 Å². The molecule has 0 saturated heterocycles. The standard InChI is InChI=1S/C13H17N3O4S/c1-9(2)16(8-13(17)20-3)21(18,19)12-5-4-11(15)6-10(12)7-14/h4-6,9H,8,15H2,1-3H3. The molecule has 114 valence electrons. The summed E-state index contributed by atoms with van der Waals surface area (Å²) in [7, 11) is -2.83. The number of nitrogen functional groups attached to an aromatic ring is 1. The smallest absolute Gasteiger partial charge is 0.321 e. The van der Waals surface area contributed by atoms with E-state index in [2.05, 4.69) is 4.74 Å². The molecule has 1 aromatic rings. The lowest BCUT2D eigenvalue weighted by atomic mass is 10.2. The van der Waals surface area contributed by atoms with Crippen LogP contribution in [-0.2, 0) is 19.6 Å². The second-order valence-electron chi connectivity index (χ2n) is 4.59. The van der Waals surface area contributed by atoms with Crippen molar-refractivity contribution in [1.29, 1.82) is 5.26 Å². The van der Waals surface area contributed by atoms with E-state index < -0.39 is 28.6 Å². The fourth-order valence-corrected chi connectivity index (χ4v) is 3.43. The van der Waals surface area contributed by atoms with Crippen LogP contribution in [0.1, 0.15) is 19.4 Å². The lowest BCUT2D eigenvalue weighted by molar-refractivity contribution is -0.141. The Hall–Kier alpha value is -2.11. The topological polar surface area (TPSA) is 113 Å². The highest BCUT2D eigenvalue weighted by molar-refractivity contribution is 7.89. The summed E-state index contributed by atoms with van der Waals surface area (Å²) in [5, 5.41) is 9.07. The Morgan fingerprint density at radius 1 is 1.48 bits per heavy atom. The summed E-state index contributed by atoms with van der Waals surface area (Å²) >= 11 is 0. The van der Waals surface area contributed by atoms with Gasteiger partial charge in [0.2, 0.25) is 10.0 Å². The van der Waals surface area contributed by atoms with Gasteiger partial charge in [0.05, 0.1) is 12.7 Å². The molecule has 0 heterocycles. The van der Waals surface area contributed by atoms with Gasteiger partial charge in [-0.05, 0) is 32.0 Å². The summed E-state index contributed by atoms with van der Waals surface area (Å²) in [4.78, 5) is 11.2. The van der Waals surface area contributed by atoms with Crippen molar-refractivity contribution in [1.82, 2.24) is 4.31 Å². The average molecular weight is 311 g/mol. The van der Waals surface area contributed by atoms with Gasteiger partial charge in [-0.15, -0.1) is 0 Å². The molecule has 0 aliphatic rings. The molecule has 21 heavy (non-hydrogen) atoms. The van der Waals surface area contributed by atoms with Crippen LogP contribution in [0.2, 0.25) is 0 Å². The number of carbonyl (C=O) groups excluding carboxylic acids is 1. The molecule has 1 rings (SSSR count). The molecule has 0 aliphatic heterocycles. The highest BCUT2D eigenvalue weighted by atomic mass is 32.2. The first-order valence-corrected chi connectivity index (χ1v) is 7.56. The van der Waals surface area contributed by atoms with Gasteiger partial charge >= 0.3 is 5.97 Å². The van der Waals surface area contributed by atoms with E-state index in [1.54, 1.807) is 19.9 Å². The van der Waals surface area contributed by atoms with E-state index in [9.17, 15) is 13.2 Å². The van der Waals surface area contributed by atoms with Crippen molar-refractivity contribution in [3.05, 3.63) is 23.8 Å². The van der Waals surface area contributed by atoms with Gasteiger partial charge in [0.25, 0.3) is 0 Å². The fraction of sp³-hybridized carbons (Fsp3) is 0.385. The normalized spacial score (nSPS) is 11.4. The van der Waals surface area contributed by atoms with Gasteiger partial charge < -0.3 is 10.5 Å². The first-order valence-electron chi connectivity index (χ1n) is 6.12. The van der Waals surface area contributed by atoms with Gasteiger partial charge in [0, 0.05) is 11.7 Å². The Morgan fingerprint density at radius 2 is 2.10 bits per heavy atom. The van der Waals surface area contributed by atoms with Crippen LogP contribution in [0.4, 0.5) is 5.69 Å². The lowest BCUT2D eigenvalue weighted by Gasteiger charge is -2.25. The summed E-state index contributed by atoms with van der Waals surface area (Å²) in [5.41, 5.74) is 5.77. The molecule has 0 spiro atoms. The van der Waals surface area contributed by atoms with Crippen LogP contribution in [0.3, 0.4) is 0 Å². The van der Waals surface area contributed by atoms with Crippen molar-refractivity contribution in [2.45, 2.75) is 24.8 Å². The number of benzene rings is 1. The second-order valence-corrected chi connectivity index (χ2v) is 6.45. The Balaban J connectivity index is 3.37. The summed E-state index contributed by atoms with van der Waals surface area (Å²) in [6, 6.07) is 5.26. The molecular formula is C13H17N3O4S. The molecule has 0 fully saturated rings. The zero-order chi connectivity index (χ0) is 16.2. The van der Waals surface area contributed by atoms with Crippen molar-refractivity contribution in [3.8, 4) is 6.07 Å². The predicted octanol–water partition coefficient (Wildman–Crippen LogP) is 0.713. The third-order valence-corrected chi connectivity index (χ3v) is 4.88. The number of hydrogen-bond donors (Lipinski definition) is 1. The molecule has 7 nitrogen and oxygen atoms in total. The van der Waals surface area contributed by atoms with Crippen molar-refractivity contribution < 1.29 is 17.9 Å². The van der Waals surface area contributed by atoms with Gasteiger partial charge in [-0.3, -0.25) is 4.79 Å². The van der Waals surface area contributed by atoms with E-state index in [4.69, 9.17) is 11.0 Å². The molecule has 0 radical (unpaired) electrons. The number of nitrogens with zero attached hydrogens (tertiary/aromatic N) is 2. The minimum Gasteiger partial charge on any atom is -0.468 e. The number of methoxy groups -OCH3 is 1. The summed E-state index contributed by atoms with van der Waals surface area (Å²) < 4.78 is 30.8. The number of esters is 1. The van der Waals surface area contributed by atoms with Crippen molar-refractivity contribution in [3.63, 3.8) is 0 Å². The molecule has 0 aliphatic carbocycles. The molecular weight excluding hydrogens is 294 g/mol. The van der Waals surface area contributed by atoms with Crippen LogP contribution in [0, 0.1) is 11.3 Å². The molecule has 8 heteroatoms. The molecule has 2 N–H and O–H groups in total. The van der Waals surface area contributed by atoms with Gasteiger partial charge in [0.15, 0.2) is 0 Å². The highest BCUT2D eigenvalue weighted by Gasteiger charge is 2.31. The molecule has 0 atom stereocenters. The number of rotatable bonds is 5. The second kappa shape index (κ2) is 6.56. The van der Waals surface area contributed by atoms with Crippen LogP contribution in [0.25, 0.3) is 0 Å². The van der Waals surface area contributed by atoms with Gasteiger partial charge in [-0.1, -0.05) is 0 Å². The quantitative estimate of drug-likeness (QED) is 0.633. The number of ether oxygens (including phenoxy) is 1. The SMILES string of the molecule is COC(=O)CN(C(C)C)S(=O)(=O)c1ccc(N)cc1C#N. The minimum absolute atomic E-state index is 0.0643. The maximum atomic E-state index is 12.6. The largest absolute Gasteiger partial charge is 0.468 e. The number of hydrogen-bond acceptors (Lipinski definition) is 6. The summed E-state index contributed by atoms with van der Waals surface area (Å²) in [6.07, 6.45) is 0. The Morgan fingerprint density at radius 3 is 2.57 bits per heavy atom. The number of anilines is 1. The Kier molecular flexibility index (Phi) is 5.29. The van der Waals surface area contributed by atoms with Gasteiger partial charge in [-0.2, -0.15) is 9.57 Å². The summed E-state index contributed by atoms with van der Waals surface area (Å²) in [5.74, 6) is -0.679. The van der Waals surface area contributed by atoms with E-state index in [0.29, 0.717) is 0 Å². The fourth-order valence-electron chi connectivity index (χ4n) is 1.72. The number of sulfonamides is 1. The molecule has 0 saturated carbocycles. The summed E-state index contributed by atoms with van der Waals surface area (Å²) in [6.45, 7) is 2.83. The average Bonchev–Trinajstić information content (AvgIpc) is 2.43. The van der Waals surface area contributed by atoms with E-state index in [1.807, 2.05) is 0 Å². The van der Waals surface area contributed by atoms with Gasteiger partial charge in [-0.25, -0.2) is 8.42 Å². The zero-order valence-corrected chi connectivity index (χ0v) is 12.8. The van der Waals surface area contributed by atoms with Crippen molar-refractivity contribution in [2.24, 2.45) is 0 Å². The molecule has 0 bridgehead atoms. The highest BCUT2D eigenvalue weighted by Crippen LogP contribution is 2.23. The monoisotopic (exact) mass is 311 g/mol. The van der Waals surface area contributed by atoms with E-state index in [1.165, 1.54) is 25.3 Å². The zero-order valence-electron chi connectivity index (χ0n) is 12.0. The van der Waals surface area contributed by atoms with Crippen molar-refractivity contribution in [2.75, 3.05) is 19.4 Å². The minimum atomic E-state index is -4.01. The van der Waals surface area contributed by atoms with Crippen LogP contribution in [0.15, 0.2) is 23.1 Å². The molecule has 0 amide bonds. The lowest BCUT2D eigenvalue weighted by Crippen LogP contribution is -2.41. The van der Waals surface area contributed by atoms with Crippen LogP contribution < -0.4 is 5.73 Å². The number of nitriles is 1. The van der Waals surface area contributed by atoms with Gasteiger partial charge in [0.1, 0.15) is 17.5 Å². The first kappa shape index (κ1) is 16.9. The molecule has 1 aromatic carbocycles. The van der Waals surface area contributed by atoms with Crippen LogP contribution in [-0.4, -0.2) is 38.4 Å². The number of nitrogens with two attached hydrogens (primary N) is 1. The predicted molar refractivity (Wildman–Crippen MR) is 76.6 cm³/mol. The van der Waals surface area contributed by atoms with E-state index >= 15 is 0 Å². The van der Waals surface area contributed by atoms with E-state index in [0.717, 1.165) is 4.31 Å². The third kappa shape index (κ3) is 3.71. The molecule has 0 unspecified atom stereocenters. The van der Waals surface area contributed by atoms with Crippen molar-refractivity contribution >= 4 is 21.7 Å². The third-order valence-electron chi connectivity index (χ3n) is 2.80. The Labute approximate surface area is 124 Å². The maximum absolute atomic E-state index is 12.6. The van der Waals surface area contributed by atoms with Crippen LogP contribution in [0.5, 0.6) is 0 Å². The maximum Gasteiger partial charge on any atom is 0.321 e.